The molecule has 0 aliphatic carbocycles. The van der Waals surface area contributed by atoms with Crippen molar-refractivity contribution in [3.8, 4) is 0 Å². The topological polar surface area (TPSA) is 55.8 Å². The molecule has 0 amide bonds. The second-order valence-electron chi connectivity index (χ2n) is 1.90. The highest BCUT2D eigenvalue weighted by Crippen LogP contribution is 2.56. The van der Waals surface area contributed by atoms with Gasteiger partial charge in [-0.05, 0) is 0 Å². The van der Waals surface area contributed by atoms with Crippen molar-refractivity contribution in [3.05, 3.63) is 0 Å². The number of hydrogen-bond acceptors (Lipinski definition) is 3. The van der Waals surface area contributed by atoms with Crippen LogP contribution in [-0.4, -0.2) is 24.5 Å². The Labute approximate surface area is 62.6 Å². The van der Waals surface area contributed by atoms with Gasteiger partial charge in [0.2, 0.25) is 0 Å². The molecule has 0 heterocycles. The maximum Gasteiger partial charge on any atom is 0.398 e. The molecule has 0 aromatic carbocycles. The lowest BCUT2D eigenvalue weighted by Crippen LogP contribution is -2.13. The highest BCUT2D eigenvalue weighted by Gasteiger charge is 2.46. The molecule has 0 aromatic heterocycles. The zero-order valence-electron chi connectivity index (χ0n) is 6.08. The lowest BCUT2D eigenvalue weighted by atomic mass is 10.9. The first-order valence-electron chi connectivity index (χ1n) is 2.65. The van der Waals surface area contributed by atoms with Gasteiger partial charge in [-0.15, -0.1) is 0 Å². The second-order valence-corrected chi connectivity index (χ2v) is 3.98. The number of rotatable bonds is 4. The maximum atomic E-state index is 12.1. The van der Waals surface area contributed by atoms with Gasteiger partial charge in [-0.2, -0.15) is 8.78 Å². The van der Waals surface area contributed by atoms with Crippen molar-refractivity contribution in [2.45, 2.75) is 12.6 Å². The molecule has 0 saturated heterocycles. The quantitative estimate of drug-likeness (QED) is 0.537. The van der Waals surface area contributed by atoms with Gasteiger partial charge in [0.25, 0.3) is 0 Å². The Bertz CT molecular complexity index is 166. The van der Waals surface area contributed by atoms with E-state index in [1.807, 2.05) is 0 Å². The summed E-state index contributed by atoms with van der Waals surface area (Å²) in [5.74, 6) is 0. The van der Waals surface area contributed by atoms with Gasteiger partial charge in [-0.3, -0.25) is 9.09 Å². The summed E-state index contributed by atoms with van der Waals surface area (Å²) in [5.41, 5.74) is -3.74. The lowest BCUT2D eigenvalue weighted by Gasteiger charge is -2.16. The molecule has 1 N–H and O–H groups in total. The molecule has 0 spiro atoms. The van der Waals surface area contributed by atoms with Gasteiger partial charge in [0.1, 0.15) is 0 Å². The second kappa shape index (κ2) is 3.58. The van der Waals surface area contributed by atoms with Crippen LogP contribution in [0.2, 0.25) is 0 Å². The smallest absolute Gasteiger partial charge is 0.358 e. The molecule has 11 heavy (non-hydrogen) atoms. The van der Waals surface area contributed by atoms with Gasteiger partial charge >= 0.3 is 13.3 Å². The molecule has 0 aliphatic heterocycles. The van der Waals surface area contributed by atoms with E-state index in [0.717, 1.165) is 7.11 Å². The fourth-order valence-corrected chi connectivity index (χ4v) is 0.712. The zero-order valence-corrected chi connectivity index (χ0v) is 6.98. The Kier molecular flexibility index (Phi) is 3.57. The average Bonchev–Trinajstić information content (AvgIpc) is 1.81. The third-order valence-electron chi connectivity index (χ3n) is 0.842. The first-order valence-corrected chi connectivity index (χ1v) is 4.23. The van der Waals surface area contributed by atoms with Crippen molar-refractivity contribution in [3.63, 3.8) is 0 Å². The van der Waals surface area contributed by atoms with E-state index in [1.165, 1.54) is 0 Å². The highest BCUT2D eigenvalue weighted by atomic mass is 31.2. The number of halogens is 2. The molecular formula is C4H9F2O4P. The monoisotopic (exact) mass is 190 g/mol. The summed E-state index contributed by atoms with van der Waals surface area (Å²) >= 11 is 0. The molecule has 1 atom stereocenters. The van der Waals surface area contributed by atoms with Crippen molar-refractivity contribution in [1.82, 2.24) is 0 Å². The van der Waals surface area contributed by atoms with Crippen molar-refractivity contribution < 1.29 is 27.5 Å². The van der Waals surface area contributed by atoms with Gasteiger partial charge in [0, 0.05) is 14.0 Å². The summed E-state index contributed by atoms with van der Waals surface area (Å²) in [7, 11) is -3.69. The maximum absolute atomic E-state index is 12.1. The normalized spacial score (nSPS) is 17.9. The number of hydrogen-bond donors (Lipinski definition) is 1. The van der Waals surface area contributed by atoms with Crippen LogP contribution in [-0.2, 0) is 13.8 Å². The minimum Gasteiger partial charge on any atom is -0.358 e. The Morgan fingerprint density at radius 1 is 1.64 bits per heavy atom. The van der Waals surface area contributed by atoms with Crippen LogP contribution in [0.5, 0.6) is 0 Å². The third kappa shape index (κ3) is 3.25. The van der Waals surface area contributed by atoms with Gasteiger partial charge in [-0.1, -0.05) is 0 Å². The first-order chi connectivity index (χ1) is 4.81. The average molecular weight is 190 g/mol. The van der Waals surface area contributed by atoms with Crippen LogP contribution in [0.15, 0.2) is 0 Å². The molecule has 0 aliphatic rings. The summed E-state index contributed by atoms with van der Waals surface area (Å²) in [5, 5.41) is 0. The van der Waals surface area contributed by atoms with E-state index in [9.17, 15) is 13.3 Å². The van der Waals surface area contributed by atoms with Crippen LogP contribution in [0, 0.1) is 0 Å². The van der Waals surface area contributed by atoms with Gasteiger partial charge in [0.05, 0.1) is 0 Å². The molecule has 1 unspecified atom stereocenters. The van der Waals surface area contributed by atoms with Crippen LogP contribution < -0.4 is 0 Å². The van der Waals surface area contributed by atoms with Gasteiger partial charge in [-0.25, -0.2) is 0 Å². The molecule has 7 heteroatoms. The molecular weight excluding hydrogens is 181 g/mol. The Hall–Kier alpha value is -0.0300. The Morgan fingerprint density at radius 2 is 2.09 bits per heavy atom. The molecule has 0 fully saturated rings. The summed E-state index contributed by atoms with van der Waals surface area (Å²) in [6.45, 7) is -0.319. The molecule has 0 saturated carbocycles. The van der Waals surface area contributed by atoms with Crippen molar-refractivity contribution in [2.24, 2.45) is 0 Å². The molecule has 0 bridgehead atoms. The van der Waals surface area contributed by atoms with Gasteiger partial charge < -0.3 is 9.63 Å². The fourth-order valence-electron chi connectivity index (χ4n) is 0.237. The predicted octanol–water partition coefficient (Wildman–Crippen LogP) is 1.41. The van der Waals surface area contributed by atoms with E-state index < -0.39 is 20.1 Å². The molecule has 0 radical (unpaired) electrons. The van der Waals surface area contributed by atoms with E-state index in [0.29, 0.717) is 6.92 Å². The minimum atomic E-state index is -4.85. The van der Waals surface area contributed by atoms with Crippen LogP contribution in [0.3, 0.4) is 0 Å². The number of alkyl halides is 2. The van der Waals surface area contributed by atoms with Gasteiger partial charge in [0.15, 0.2) is 6.79 Å². The molecule has 0 rings (SSSR count). The van der Waals surface area contributed by atoms with Crippen molar-refractivity contribution in [1.29, 1.82) is 0 Å². The molecule has 68 valence electrons. The van der Waals surface area contributed by atoms with Crippen LogP contribution in [0.25, 0.3) is 0 Å². The lowest BCUT2D eigenvalue weighted by molar-refractivity contribution is 0.00751. The largest absolute Gasteiger partial charge is 0.398 e. The van der Waals surface area contributed by atoms with Crippen LogP contribution >= 0.6 is 7.60 Å². The number of ether oxygens (including phenoxy) is 1. The molecule has 4 nitrogen and oxygen atoms in total. The minimum absolute atomic E-state index is 0.309. The van der Waals surface area contributed by atoms with E-state index >= 15 is 0 Å². The van der Waals surface area contributed by atoms with Crippen LogP contribution in [0.4, 0.5) is 8.78 Å². The highest BCUT2D eigenvalue weighted by molar-refractivity contribution is 7.54. The molecule has 0 aromatic rings. The summed E-state index contributed by atoms with van der Waals surface area (Å²) < 4.78 is 42.8. The third-order valence-corrected chi connectivity index (χ3v) is 2.29. The Morgan fingerprint density at radius 3 is 2.36 bits per heavy atom. The van der Waals surface area contributed by atoms with Crippen molar-refractivity contribution in [2.75, 3.05) is 13.9 Å². The first kappa shape index (κ1) is 11.0. The van der Waals surface area contributed by atoms with Crippen molar-refractivity contribution >= 4 is 7.60 Å². The van der Waals surface area contributed by atoms with E-state index in [4.69, 9.17) is 4.89 Å². The fraction of sp³-hybridized carbons (Fsp3) is 1.00. The van der Waals surface area contributed by atoms with E-state index in [-0.39, 0.29) is 0 Å². The summed E-state index contributed by atoms with van der Waals surface area (Å²) in [6.07, 6.45) is 0. The van der Waals surface area contributed by atoms with E-state index in [1.54, 1.807) is 0 Å². The number of methoxy groups -OCH3 is 1. The summed E-state index contributed by atoms with van der Waals surface area (Å²) in [4.78, 5) is 8.49. The Balaban J connectivity index is 4.12. The predicted molar refractivity (Wildman–Crippen MR) is 33.4 cm³/mol. The summed E-state index contributed by atoms with van der Waals surface area (Å²) in [6, 6.07) is 0. The van der Waals surface area contributed by atoms with E-state index in [2.05, 4.69) is 9.26 Å². The zero-order chi connectivity index (χ0) is 9.12. The standard InChI is InChI=1S/C4H9F2O4P/c1-4(5,6)11(7,8)10-3-9-2/h3H2,1-2H3,(H,7,8). The van der Waals surface area contributed by atoms with Crippen LogP contribution in [0.1, 0.15) is 6.92 Å². The SMILES string of the molecule is COCOP(=O)(O)C(C)(F)F.